The van der Waals surface area contributed by atoms with Crippen molar-refractivity contribution >= 4 is 60.7 Å². The molecule has 0 unspecified atom stereocenters. The van der Waals surface area contributed by atoms with Crippen LogP contribution >= 0.6 is 32.9 Å². The van der Waals surface area contributed by atoms with Crippen molar-refractivity contribution in [2.45, 2.75) is 19.3 Å². The van der Waals surface area contributed by atoms with E-state index < -0.39 is 11.9 Å². The number of esters is 1. The highest BCUT2D eigenvalue weighted by Gasteiger charge is 2.15. The maximum Gasteiger partial charge on any atom is 0.306 e. The number of rotatable bonds is 13. The molecule has 0 atom stereocenters. The van der Waals surface area contributed by atoms with Gasteiger partial charge >= 0.3 is 11.9 Å². The number of thiophene rings is 1. The molecule has 7 nitrogen and oxygen atoms in total. The highest BCUT2D eigenvalue weighted by Crippen LogP contribution is 2.36. The number of carboxylic acid groups (broad SMARTS) is 1. The lowest BCUT2D eigenvalue weighted by Gasteiger charge is -2.06. The van der Waals surface area contributed by atoms with Crippen LogP contribution in [0.3, 0.4) is 0 Å². The van der Waals surface area contributed by atoms with Crippen molar-refractivity contribution in [1.82, 2.24) is 0 Å². The molecule has 10 heteroatoms. The highest BCUT2D eigenvalue weighted by atomic mass is 33.1. The first-order valence-corrected chi connectivity index (χ1v) is 12.1. The third kappa shape index (κ3) is 7.45. The average Bonchev–Trinajstić information content (AvgIpc) is 3.12. The maximum absolute atomic E-state index is 12.4. The molecular weight excluding hydrogens is 436 g/mol. The van der Waals surface area contributed by atoms with Crippen LogP contribution in [0.25, 0.3) is 10.1 Å². The fourth-order valence-corrected chi connectivity index (χ4v) is 5.20. The van der Waals surface area contributed by atoms with E-state index in [9.17, 15) is 14.4 Å². The summed E-state index contributed by atoms with van der Waals surface area (Å²) < 4.78 is 16.6. The molecule has 0 aliphatic carbocycles. The fourth-order valence-electron chi connectivity index (χ4n) is 2.35. The average molecular weight is 459 g/mol. The number of hydrogen-bond donors (Lipinski definition) is 1. The summed E-state index contributed by atoms with van der Waals surface area (Å²) in [6.07, 6.45) is 0.216. The Morgan fingerprint density at radius 2 is 1.66 bits per heavy atom. The van der Waals surface area contributed by atoms with Crippen molar-refractivity contribution in [3.05, 3.63) is 23.1 Å². The van der Waals surface area contributed by atoms with E-state index in [0.29, 0.717) is 27.9 Å². The van der Waals surface area contributed by atoms with Crippen LogP contribution in [0.4, 0.5) is 0 Å². The molecule has 1 aromatic carbocycles. The Bertz CT molecular complexity index is 822. The van der Waals surface area contributed by atoms with E-state index in [-0.39, 0.29) is 31.7 Å². The lowest BCUT2D eigenvalue weighted by molar-refractivity contribution is -0.143. The van der Waals surface area contributed by atoms with Crippen LogP contribution < -0.4 is 9.47 Å². The lowest BCUT2D eigenvalue weighted by atomic mass is 10.1. The first-order valence-electron chi connectivity index (χ1n) is 8.75. The molecule has 2 aromatic rings. The minimum atomic E-state index is -0.828. The number of hydrogen-bond acceptors (Lipinski definition) is 9. The summed E-state index contributed by atoms with van der Waals surface area (Å²) in [5.41, 5.74) is 0. The van der Waals surface area contributed by atoms with Crippen molar-refractivity contribution in [2.75, 3.05) is 32.3 Å². The van der Waals surface area contributed by atoms with Crippen molar-refractivity contribution in [3.63, 3.8) is 0 Å². The molecule has 0 radical (unpaired) electrons. The van der Waals surface area contributed by atoms with Crippen LogP contribution in [-0.2, 0) is 14.3 Å². The zero-order valence-electron chi connectivity index (χ0n) is 16.1. The largest absolute Gasteiger partial charge is 0.493 e. The molecule has 1 heterocycles. The van der Waals surface area contributed by atoms with E-state index in [4.69, 9.17) is 19.3 Å². The Kier molecular flexibility index (Phi) is 9.62. The molecule has 0 aliphatic rings. The van der Waals surface area contributed by atoms with Crippen LogP contribution in [0.5, 0.6) is 11.5 Å². The Morgan fingerprint density at radius 1 is 0.966 bits per heavy atom. The number of carboxylic acids is 1. The number of Topliss-reactive ketones (excluding diaryl/α,β-unsaturated/α-hetero) is 1. The molecule has 0 saturated carbocycles. The lowest BCUT2D eigenvalue weighted by Crippen LogP contribution is -2.09. The van der Waals surface area contributed by atoms with Gasteiger partial charge in [-0.2, -0.15) is 0 Å². The number of ketones is 1. The number of methoxy groups -OCH3 is 2. The quantitative estimate of drug-likeness (QED) is 0.204. The number of aliphatic carboxylic acids is 1. The van der Waals surface area contributed by atoms with Gasteiger partial charge < -0.3 is 19.3 Å². The van der Waals surface area contributed by atoms with E-state index in [1.807, 2.05) is 12.1 Å². The first kappa shape index (κ1) is 23.4. The Balaban J connectivity index is 1.75. The third-order valence-electron chi connectivity index (χ3n) is 3.77. The second-order valence-electron chi connectivity index (χ2n) is 5.79. The molecule has 0 fully saturated rings. The monoisotopic (exact) mass is 458 g/mol. The van der Waals surface area contributed by atoms with Gasteiger partial charge in [-0.3, -0.25) is 14.4 Å². The summed E-state index contributed by atoms with van der Waals surface area (Å²) >= 11 is 1.35. The first-order chi connectivity index (χ1) is 13.9. The van der Waals surface area contributed by atoms with Gasteiger partial charge in [-0.05, 0) is 17.5 Å². The van der Waals surface area contributed by atoms with Crippen molar-refractivity contribution in [2.24, 2.45) is 0 Å². The molecule has 29 heavy (non-hydrogen) atoms. The molecule has 0 amide bonds. The maximum atomic E-state index is 12.4. The number of carbonyl (C=O) groups excluding carboxylic acids is 2. The molecule has 2 rings (SSSR count). The summed E-state index contributed by atoms with van der Waals surface area (Å²) in [4.78, 5) is 35.2. The van der Waals surface area contributed by atoms with Gasteiger partial charge in [0.05, 0.1) is 31.9 Å². The second-order valence-corrected chi connectivity index (χ2v) is 9.57. The summed E-state index contributed by atoms with van der Waals surface area (Å²) in [6, 6.07) is 5.44. The van der Waals surface area contributed by atoms with E-state index >= 15 is 0 Å². The topological polar surface area (TPSA) is 99.1 Å². The van der Waals surface area contributed by atoms with Gasteiger partial charge in [0.2, 0.25) is 0 Å². The summed E-state index contributed by atoms with van der Waals surface area (Å²) in [6.45, 7) is 0.236. The zero-order valence-corrected chi connectivity index (χ0v) is 18.5. The summed E-state index contributed by atoms with van der Waals surface area (Å²) in [5.74, 6) is 0.923. The van der Waals surface area contributed by atoms with Gasteiger partial charge in [0.25, 0.3) is 0 Å². The zero-order chi connectivity index (χ0) is 21.2. The fraction of sp³-hybridized carbons (Fsp3) is 0.421. The second kappa shape index (κ2) is 11.9. The van der Waals surface area contributed by atoms with Crippen LogP contribution in [0.15, 0.2) is 18.2 Å². The van der Waals surface area contributed by atoms with E-state index in [2.05, 4.69) is 0 Å². The van der Waals surface area contributed by atoms with E-state index in [0.717, 1.165) is 10.1 Å². The van der Waals surface area contributed by atoms with Gasteiger partial charge in [0.15, 0.2) is 17.3 Å². The van der Waals surface area contributed by atoms with Crippen LogP contribution in [0, 0.1) is 0 Å². The van der Waals surface area contributed by atoms with E-state index in [1.54, 1.807) is 20.3 Å². The predicted octanol–water partition coefficient (Wildman–Crippen LogP) is 4.28. The van der Waals surface area contributed by atoms with Crippen molar-refractivity contribution < 1.29 is 33.7 Å². The number of carbonyl (C=O) groups is 3. The Labute approximate surface area is 180 Å². The van der Waals surface area contributed by atoms with Crippen LogP contribution in [0.1, 0.15) is 28.9 Å². The van der Waals surface area contributed by atoms with E-state index in [1.165, 1.54) is 32.9 Å². The minimum absolute atomic E-state index is 0.0243. The highest BCUT2D eigenvalue weighted by molar-refractivity contribution is 8.76. The smallest absolute Gasteiger partial charge is 0.306 e. The number of ether oxygens (including phenoxy) is 3. The molecule has 1 aromatic heterocycles. The Morgan fingerprint density at radius 3 is 2.34 bits per heavy atom. The van der Waals surface area contributed by atoms with Gasteiger partial charge in [-0.15, -0.1) is 11.3 Å². The third-order valence-corrected chi connectivity index (χ3v) is 7.28. The molecule has 0 bridgehead atoms. The van der Waals surface area contributed by atoms with Gasteiger partial charge in [-0.25, -0.2) is 0 Å². The molecule has 0 saturated heterocycles. The van der Waals surface area contributed by atoms with Crippen LogP contribution in [0.2, 0.25) is 0 Å². The van der Waals surface area contributed by atoms with Gasteiger partial charge in [0.1, 0.15) is 6.61 Å². The summed E-state index contributed by atoms with van der Waals surface area (Å²) in [7, 11) is 6.00. The standard InChI is InChI=1S/C19H22O7S3/c1-24-14-9-12-10-17(29-16(12)11-15(14)25-2)13(20)3-4-19(23)26-6-8-28-27-7-5-18(21)22/h9-11H,3-8H2,1-2H3,(H,21,22). The number of benzene rings is 1. The molecule has 0 spiro atoms. The van der Waals surface area contributed by atoms with Crippen molar-refractivity contribution in [3.8, 4) is 11.5 Å². The SMILES string of the molecule is COc1cc2cc(C(=O)CCC(=O)OCCSSCCC(=O)O)sc2cc1OC. The molecular formula is C19H22O7S3. The molecule has 1 N–H and O–H groups in total. The molecule has 0 aliphatic heterocycles. The number of fused-ring (bicyclic) bond motifs is 1. The minimum Gasteiger partial charge on any atom is -0.493 e. The van der Waals surface area contributed by atoms with Crippen LogP contribution in [-0.4, -0.2) is 55.2 Å². The predicted molar refractivity (Wildman–Crippen MR) is 117 cm³/mol. The summed E-state index contributed by atoms with van der Waals surface area (Å²) in [5, 5.41) is 9.42. The van der Waals surface area contributed by atoms with Gasteiger partial charge in [-0.1, -0.05) is 21.6 Å². The molecule has 158 valence electrons. The van der Waals surface area contributed by atoms with Gasteiger partial charge in [0, 0.05) is 28.7 Å². The normalized spacial score (nSPS) is 10.7. The van der Waals surface area contributed by atoms with Crippen molar-refractivity contribution in [1.29, 1.82) is 0 Å². The Hall–Kier alpha value is -1.91.